The van der Waals surface area contributed by atoms with Crippen molar-refractivity contribution in [3.8, 4) is 5.75 Å². The van der Waals surface area contributed by atoms with E-state index in [9.17, 15) is 9.59 Å². The van der Waals surface area contributed by atoms with Gasteiger partial charge in [-0.3, -0.25) is 9.59 Å². The van der Waals surface area contributed by atoms with Crippen molar-refractivity contribution in [1.82, 2.24) is 14.4 Å². The van der Waals surface area contributed by atoms with Gasteiger partial charge in [0, 0.05) is 36.9 Å². The zero-order valence-electron chi connectivity index (χ0n) is 19.8. The minimum absolute atomic E-state index is 0.00731. The van der Waals surface area contributed by atoms with Gasteiger partial charge in [-0.1, -0.05) is 26.0 Å². The molecule has 1 aromatic heterocycles. The summed E-state index contributed by atoms with van der Waals surface area (Å²) in [6.07, 6.45) is 3.29. The van der Waals surface area contributed by atoms with Gasteiger partial charge >= 0.3 is 0 Å². The average Bonchev–Trinajstić information content (AvgIpc) is 3.20. The summed E-state index contributed by atoms with van der Waals surface area (Å²) >= 11 is 0. The number of nitrogens with zero attached hydrogens (tertiary/aromatic N) is 3. The van der Waals surface area contributed by atoms with Crippen LogP contribution in [0.1, 0.15) is 58.7 Å². The summed E-state index contributed by atoms with van der Waals surface area (Å²) in [5.74, 6) is 0.824. The fraction of sp³-hybridized carbons (Fsp3) is 0.520. The first kappa shape index (κ1) is 24.5. The van der Waals surface area contributed by atoms with E-state index >= 15 is 0 Å². The highest BCUT2D eigenvalue weighted by Gasteiger charge is 2.25. The number of benzene rings is 1. The van der Waals surface area contributed by atoms with Crippen molar-refractivity contribution in [2.45, 2.75) is 72.6 Å². The number of carbonyl (C=O) groups excluding carboxylic acids is 2. The predicted octanol–water partition coefficient (Wildman–Crippen LogP) is 4.32. The normalized spacial score (nSPS) is 12.0. The van der Waals surface area contributed by atoms with Crippen LogP contribution >= 0.6 is 0 Å². The lowest BCUT2D eigenvalue weighted by atomic mass is 10.2. The monoisotopic (exact) mass is 427 g/mol. The van der Waals surface area contributed by atoms with Gasteiger partial charge in [0.25, 0.3) is 0 Å². The number of rotatable bonds is 11. The molecular weight excluding hydrogens is 390 g/mol. The Kier molecular flexibility index (Phi) is 9.16. The molecule has 0 aliphatic carbocycles. The number of hydrogen-bond acceptors (Lipinski definition) is 3. The molecule has 0 radical (unpaired) electrons. The van der Waals surface area contributed by atoms with E-state index < -0.39 is 0 Å². The zero-order valence-corrected chi connectivity index (χ0v) is 19.8. The second-order valence-corrected chi connectivity index (χ2v) is 8.23. The zero-order chi connectivity index (χ0) is 23.0. The van der Waals surface area contributed by atoms with Gasteiger partial charge in [0.05, 0.1) is 20.2 Å². The maximum Gasteiger partial charge on any atom is 0.242 e. The SMILES string of the molecule is CCC(=O)N(CC(=O)N(Cc1cccn1Cc1cccc(OC)c1)C(C)CC)C(C)C. The number of ether oxygens (including phenoxy) is 1. The molecule has 2 aromatic rings. The molecule has 0 spiro atoms. The molecule has 0 saturated carbocycles. The lowest BCUT2D eigenvalue weighted by Gasteiger charge is -2.33. The van der Waals surface area contributed by atoms with Gasteiger partial charge in [0.15, 0.2) is 0 Å². The number of carbonyl (C=O) groups is 2. The number of methoxy groups -OCH3 is 1. The summed E-state index contributed by atoms with van der Waals surface area (Å²) in [7, 11) is 1.67. The Hall–Kier alpha value is -2.76. The highest BCUT2D eigenvalue weighted by atomic mass is 16.5. The molecule has 0 fully saturated rings. The maximum atomic E-state index is 13.3. The Morgan fingerprint density at radius 3 is 2.39 bits per heavy atom. The lowest BCUT2D eigenvalue weighted by Crippen LogP contribution is -2.48. The second kappa shape index (κ2) is 11.6. The molecule has 0 bridgehead atoms. The minimum Gasteiger partial charge on any atom is -0.497 e. The van der Waals surface area contributed by atoms with Crippen LogP contribution in [0.4, 0.5) is 0 Å². The molecule has 6 heteroatoms. The van der Waals surface area contributed by atoms with E-state index in [0.717, 1.165) is 23.4 Å². The summed E-state index contributed by atoms with van der Waals surface area (Å²) in [6.45, 7) is 11.2. The second-order valence-electron chi connectivity index (χ2n) is 8.23. The number of aromatic nitrogens is 1. The molecule has 1 atom stereocenters. The molecule has 6 nitrogen and oxygen atoms in total. The van der Waals surface area contributed by atoms with Crippen LogP contribution in [0.15, 0.2) is 42.6 Å². The minimum atomic E-state index is -0.0148. The summed E-state index contributed by atoms with van der Waals surface area (Å²) in [4.78, 5) is 29.2. The van der Waals surface area contributed by atoms with Crippen LogP contribution in [0.3, 0.4) is 0 Å². The Morgan fingerprint density at radius 2 is 1.77 bits per heavy atom. The molecule has 0 N–H and O–H groups in total. The molecule has 170 valence electrons. The molecule has 1 aromatic carbocycles. The summed E-state index contributed by atoms with van der Waals surface area (Å²) < 4.78 is 7.50. The van der Waals surface area contributed by atoms with Crippen LogP contribution in [0.2, 0.25) is 0 Å². The number of amides is 2. The molecule has 31 heavy (non-hydrogen) atoms. The molecule has 1 heterocycles. The van der Waals surface area contributed by atoms with Crippen molar-refractivity contribution < 1.29 is 14.3 Å². The Balaban J connectivity index is 2.20. The van der Waals surface area contributed by atoms with Crippen molar-refractivity contribution >= 4 is 11.8 Å². The van der Waals surface area contributed by atoms with Gasteiger partial charge in [-0.15, -0.1) is 0 Å². The van der Waals surface area contributed by atoms with Crippen molar-refractivity contribution in [3.63, 3.8) is 0 Å². The first-order valence-electron chi connectivity index (χ1n) is 11.2. The largest absolute Gasteiger partial charge is 0.497 e. The van der Waals surface area contributed by atoms with E-state index in [4.69, 9.17) is 4.74 Å². The van der Waals surface area contributed by atoms with Gasteiger partial charge in [-0.05, 0) is 57.0 Å². The predicted molar refractivity (Wildman–Crippen MR) is 124 cm³/mol. The highest BCUT2D eigenvalue weighted by Crippen LogP contribution is 2.18. The van der Waals surface area contributed by atoms with E-state index in [1.54, 1.807) is 12.0 Å². The van der Waals surface area contributed by atoms with Crippen LogP contribution in [0.25, 0.3) is 0 Å². The van der Waals surface area contributed by atoms with E-state index in [0.29, 0.717) is 19.5 Å². The molecule has 1 unspecified atom stereocenters. The first-order chi connectivity index (χ1) is 14.8. The van der Waals surface area contributed by atoms with Crippen LogP contribution < -0.4 is 4.74 Å². The maximum absolute atomic E-state index is 13.3. The fourth-order valence-electron chi connectivity index (χ4n) is 3.60. The number of hydrogen-bond donors (Lipinski definition) is 0. The van der Waals surface area contributed by atoms with Gasteiger partial charge in [0.1, 0.15) is 5.75 Å². The van der Waals surface area contributed by atoms with Gasteiger partial charge in [0.2, 0.25) is 11.8 Å². The summed E-state index contributed by atoms with van der Waals surface area (Å²) in [5.41, 5.74) is 2.20. The average molecular weight is 428 g/mol. The Morgan fingerprint density at radius 1 is 1.03 bits per heavy atom. The van der Waals surface area contributed by atoms with Gasteiger partial charge in [-0.25, -0.2) is 0 Å². The molecule has 0 saturated heterocycles. The van der Waals surface area contributed by atoms with E-state index in [-0.39, 0.29) is 30.4 Å². The van der Waals surface area contributed by atoms with E-state index in [1.165, 1.54) is 0 Å². The third-order valence-electron chi connectivity index (χ3n) is 5.74. The van der Waals surface area contributed by atoms with Crippen LogP contribution in [-0.4, -0.2) is 51.9 Å². The van der Waals surface area contributed by atoms with Crippen molar-refractivity contribution in [1.29, 1.82) is 0 Å². The molecule has 0 aliphatic heterocycles. The smallest absolute Gasteiger partial charge is 0.242 e. The van der Waals surface area contributed by atoms with Gasteiger partial charge < -0.3 is 19.1 Å². The topological polar surface area (TPSA) is 54.8 Å². The van der Waals surface area contributed by atoms with E-state index in [1.807, 2.05) is 56.1 Å². The van der Waals surface area contributed by atoms with E-state index in [2.05, 4.69) is 30.5 Å². The Labute approximate surface area is 186 Å². The standard InChI is InChI=1S/C25H37N3O3/c1-7-20(5)28(25(30)18-27(19(3)4)24(29)8-2)17-22-12-10-14-26(22)16-21-11-9-13-23(15-21)31-6/h9-15,19-20H,7-8,16-18H2,1-6H3. The third-order valence-corrected chi connectivity index (χ3v) is 5.74. The molecule has 0 aliphatic rings. The van der Waals surface area contributed by atoms with Crippen molar-refractivity contribution in [2.24, 2.45) is 0 Å². The van der Waals surface area contributed by atoms with Crippen LogP contribution in [0, 0.1) is 0 Å². The first-order valence-corrected chi connectivity index (χ1v) is 11.2. The molecule has 2 rings (SSSR count). The highest BCUT2D eigenvalue weighted by molar-refractivity contribution is 5.85. The Bertz CT molecular complexity index is 859. The summed E-state index contributed by atoms with van der Waals surface area (Å²) in [5, 5.41) is 0. The molecule has 2 amide bonds. The third kappa shape index (κ3) is 6.61. The quantitative estimate of drug-likeness (QED) is 0.537. The van der Waals surface area contributed by atoms with Crippen molar-refractivity contribution in [2.75, 3.05) is 13.7 Å². The summed E-state index contributed by atoms with van der Waals surface area (Å²) in [6, 6.07) is 12.2. The van der Waals surface area contributed by atoms with Gasteiger partial charge in [-0.2, -0.15) is 0 Å². The van der Waals surface area contributed by atoms with Crippen molar-refractivity contribution in [3.05, 3.63) is 53.9 Å². The lowest BCUT2D eigenvalue weighted by molar-refractivity contribution is -0.143. The van der Waals surface area contributed by atoms with Crippen LogP contribution in [-0.2, 0) is 22.7 Å². The van der Waals surface area contributed by atoms with Crippen LogP contribution in [0.5, 0.6) is 5.75 Å². The fourth-order valence-corrected chi connectivity index (χ4v) is 3.60. The molecular formula is C25H37N3O3.